The third-order valence-corrected chi connectivity index (χ3v) is 3.29. The quantitative estimate of drug-likeness (QED) is 0.812. The summed E-state index contributed by atoms with van der Waals surface area (Å²) < 4.78 is 7.21. The molecule has 2 rings (SSSR count). The predicted molar refractivity (Wildman–Crippen MR) is 61.4 cm³/mol. The van der Waals surface area contributed by atoms with Crippen LogP contribution in [-0.2, 0) is 16.7 Å². The highest BCUT2D eigenvalue weighted by molar-refractivity contribution is 5.08. The highest BCUT2D eigenvalue weighted by Crippen LogP contribution is 2.28. The molecule has 1 fully saturated rings. The van der Waals surface area contributed by atoms with E-state index in [0.717, 1.165) is 25.5 Å². The first kappa shape index (κ1) is 11.5. The van der Waals surface area contributed by atoms with Gasteiger partial charge >= 0.3 is 0 Å². The Morgan fingerprint density at radius 2 is 2.50 bits per heavy atom. The summed E-state index contributed by atoms with van der Waals surface area (Å²) >= 11 is 0. The zero-order chi connectivity index (χ0) is 11.4. The van der Waals surface area contributed by atoms with Crippen molar-refractivity contribution in [3.8, 4) is 0 Å². The van der Waals surface area contributed by atoms with Crippen molar-refractivity contribution in [2.45, 2.75) is 31.7 Å². The molecule has 1 aromatic rings. The molecule has 0 saturated carbocycles. The van der Waals surface area contributed by atoms with Gasteiger partial charge in [0.25, 0.3) is 0 Å². The number of piperidine rings is 1. The Bertz CT molecular complexity index is 330. The molecule has 1 N–H and O–H groups in total. The van der Waals surface area contributed by atoms with Gasteiger partial charge in [-0.25, -0.2) is 0 Å². The van der Waals surface area contributed by atoms with Crippen molar-refractivity contribution >= 4 is 0 Å². The van der Waals surface area contributed by atoms with Gasteiger partial charge in [0.1, 0.15) is 12.2 Å². The molecule has 16 heavy (non-hydrogen) atoms. The maximum Gasteiger partial charge on any atom is 0.140 e. The normalized spacial score (nSPS) is 25.9. The maximum atomic E-state index is 5.10. The average molecular weight is 224 g/mol. The minimum absolute atomic E-state index is 0.114. The van der Waals surface area contributed by atoms with Crippen molar-refractivity contribution in [2.24, 2.45) is 0 Å². The number of ether oxygens (including phenoxy) is 1. The van der Waals surface area contributed by atoms with Crippen LogP contribution in [0.25, 0.3) is 0 Å². The van der Waals surface area contributed by atoms with E-state index in [1.807, 2.05) is 0 Å². The van der Waals surface area contributed by atoms with Crippen LogP contribution >= 0.6 is 0 Å². The summed E-state index contributed by atoms with van der Waals surface area (Å²) in [7, 11) is 1.72. The lowest BCUT2D eigenvalue weighted by atomic mass is 9.82. The number of rotatable bonds is 4. The van der Waals surface area contributed by atoms with Crippen LogP contribution < -0.4 is 5.32 Å². The van der Waals surface area contributed by atoms with E-state index in [4.69, 9.17) is 4.74 Å². The molecule has 1 saturated heterocycles. The van der Waals surface area contributed by atoms with Gasteiger partial charge in [0.15, 0.2) is 0 Å². The molecule has 0 aliphatic carbocycles. The second-order valence-electron chi connectivity index (χ2n) is 4.68. The molecule has 1 aromatic heterocycles. The van der Waals surface area contributed by atoms with Crippen molar-refractivity contribution in [3.63, 3.8) is 0 Å². The fraction of sp³-hybridized carbons (Fsp3) is 0.818. The van der Waals surface area contributed by atoms with E-state index in [-0.39, 0.29) is 5.41 Å². The van der Waals surface area contributed by atoms with E-state index in [2.05, 4.69) is 27.0 Å². The highest BCUT2D eigenvalue weighted by Gasteiger charge is 2.33. The monoisotopic (exact) mass is 224 g/mol. The van der Waals surface area contributed by atoms with E-state index < -0.39 is 0 Å². The highest BCUT2D eigenvalue weighted by atomic mass is 16.5. The Hall–Kier alpha value is -0.940. The minimum atomic E-state index is 0.114. The lowest BCUT2D eigenvalue weighted by Gasteiger charge is -2.33. The molecule has 1 atom stereocenters. The third kappa shape index (κ3) is 2.25. The summed E-state index contributed by atoms with van der Waals surface area (Å²) in [5, 5.41) is 11.7. The summed E-state index contributed by atoms with van der Waals surface area (Å²) in [6.07, 6.45) is 4.17. The van der Waals surface area contributed by atoms with E-state index in [1.165, 1.54) is 12.8 Å². The number of nitrogens with one attached hydrogen (secondary N) is 1. The Labute approximate surface area is 96.2 Å². The van der Waals surface area contributed by atoms with Crippen LogP contribution in [0.15, 0.2) is 6.33 Å². The van der Waals surface area contributed by atoms with Gasteiger partial charge in [-0.2, -0.15) is 0 Å². The van der Waals surface area contributed by atoms with Crippen molar-refractivity contribution in [1.29, 1.82) is 0 Å². The van der Waals surface area contributed by atoms with Gasteiger partial charge in [-0.1, -0.05) is 6.92 Å². The third-order valence-electron chi connectivity index (χ3n) is 3.29. The number of hydrogen-bond acceptors (Lipinski definition) is 4. The largest absolute Gasteiger partial charge is 0.383 e. The SMILES string of the molecule is COCCn1cnnc1[C@]1(C)CCCNC1. The van der Waals surface area contributed by atoms with Gasteiger partial charge in [0, 0.05) is 25.6 Å². The maximum absolute atomic E-state index is 5.10. The standard InChI is InChI=1S/C11H20N4O/c1-11(4-3-5-12-8-11)10-14-13-9-15(10)6-7-16-2/h9,12H,3-8H2,1-2H3/t11-/m1/s1. The molecule has 0 amide bonds. The van der Waals surface area contributed by atoms with E-state index in [9.17, 15) is 0 Å². The second-order valence-corrected chi connectivity index (χ2v) is 4.68. The molecule has 1 aliphatic rings. The first-order chi connectivity index (χ1) is 7.76. The van der Waals surface area contributed by atoms with Crippen molar-refractivity contribution in [1.82, 2.24) is 20.1 Å². The first-order valence-electron chi connectivity index (χ1n) is 5.84. The van der Waals surface area contributed by atoms with Crippen LogP contribution in [0, 0.1) is 0 Å². The number of aromatic nitrogens is 3. The van der Waals surface area contributed by atoms with Crippen LogP contribution in [0.1, 0.15) is 25.6 Å². The zero-order valence-corrected chi connectivity index (χ0v) is 10.1. The Morgan fingerprint density at radius 3 is 3.19 bits per heavy atom. The molecule has 1 aliphatic heterocycles. The Morgan fingerprint density at radius 1 is 1.62 bits per heavy atom. The van der Waals surface area contributed by atoms with Crippen LogP contribution in [0.3, 0.4) is 0 Å². The van der Waals surface area contributed by atoms with Crippen LogP contribution in [0.2, 0.25) is 0 Å². The molecule has 5 heteroatoms. The molecular formula is C11H20N4O. The van der Waals surface area contributed by atoms with E-state index >= 15 is 0 Å². The Balaban J connectivity index is 2.15. The summed E-state index contributed by atoms with van der Waals surface area (Å²) in [6.45, 7) is 5.88. The summed E-state index contributed by atoms with van der Waals surface area (Å²) in [5.74, 6) is 1.08. The average Bonchev–Trinajstić information content (AvgIpc) is 2.76. The second kappa shape index (κ2) is 4.93. The summed E-state index contributed by atoms with van der Waals surface area (Å²) in [6, 6.07) is 0. The van der Waals surface area contributed by atoms with Gasteiger partial charge in [0.2, 0.25) is 0 Å². The molecule has 90 valence electrons. The van der Waals surface area contributed by atoms with Crippen LogP contribution in [0.4, 0.5) is 0 Å². The molecule has 0 aromatic carbocycles. The zero-order valence-electron chi connectivity index (χ0n) is 10.1. The molecule has 0 spiro atoms. The Kier molecular flexibility index (Phi) is 3.56. The van der Waals surface area contributed by atoms with Gasteiger partial charge < -0.3 is 14.6 Å². The number of hydrogen-bond donors (Lipinski definition) is 1. The van der Waals surface area contributed by atoms with Crippen molar-refractivity contribution < 1.29 is 4.74 Å². The molecule has 5 nitrogen and oxygen atoms in total. The molecule has 0 bridgehead atoms. The summed E-state index contributed by atoms with van der Waals surface area (Å²) in [5.41, 5.74) is 0.114. The van der Waals surface area contributed by atoms with Gasteiger partial charge in [-0.15, -0.1) is 10.2 Å². The van der Waals surface area contributed by atoms with Gasteiger partial charge in [-0.05, 0) is 19.4 Å². The molecular weight excluding hydrogens is 204 g/mol. The van der Waals surface area contributed by atoms with Crippen molar-refractivity contribution in [3.05, 3.63) is 12.2 Å². The number of nitrogens with zero attached hydrogens (tertiary/aromatic N) is 3. The number of methoxy groups -OCH3 is 1. The van der Waals surface area contributed by atoms with E-state index in [0.29, 0.717) is 6.61 Å². The fourth-order valence-electron chi connectivity index (χ4n) is 2.32. The van der Waals surface area contributed by atoms with Crippen molar-refractivity contribution in [2.75, 3.05) is 26.8 Å². The van der Waals surface area contributed by atoms with Gasteiger partial charge in [0.05, 0.1) is 6.61 Å². The summed E-state index contributed by atoms with van der Waals surface area (Å²) in [4.78, 5) is 0. The fourth-order valence-corrected chi connectivity index (χ4v) is 2.32. The lowest BCUT2D eigenvalue weighted by molar-refractivity contribution is 0.183. The van der Waals surface area contributed by atoms with E-state index in [1.54, 1.807) is 13.4 Å². The molecule has 0 radical (unpaired) electrons. The first-order valence-corrected chi connectivity index (χ1v) is 5.84. The van der Waals surface area contributed by atoms with Gasteiger partial charge in [-0.3, -0.25) is 0 Å². The lowest BCUT2D eigenvalue weighted by Crippen LogP contribution is -2.43. The van der Waals surface area contributed by atoms with Crippen LogP contribution in [0.5, 0.6) is 0 Å². The molecule has 0 unspecified atom stereocenters. The predicted octanol–water partition coefficient (Wildman–Crippen LogP) is 0.566. The molecule has 2 heterocycles. The van der Waals surface area contributed by atoms with Crippen LogP contribution in [-0.4, -0.2) is 41.6 Å². The topological polar surface area (TPSA) is 52.0 Å². The smallest absolute Gasteiger partial charge is 0.140 e. The minimum Gasteiger partial charge on any atom is -0.383 e.